The number of amides is 4. The van der Waals surface area contributed by atoms with E-state index in [1.54, 1.807) is 26.0 Å². The van der Waals surface area contributed by atoms with Crippen molar-refractivity contribution in [1.82, 2.24) is 0 Å². The van der Waals surface area contributed by atoms with Gasteiger partial charge in [-0.3, -0.25) is 19.2 Å². The zero-order valence-electron chi connectivity index (χ0n) is 17.6. The highest BCUT2D eigenvalue weighted by molar-refractivity contribution is 6.25. The van der Waals surface area contributed by atoms with Gasteiger partial charge in [-0.05, 0) is 62.1 Å². The van der Waals surface area contributed by atoms with Crippen LogP contribution < -0.4 is 9.80 Å². The second-order valence-electron chi connectivity index (χ2n) is 8.97. The van der Waals surface area contributed by atoms with Crippen LogP contribution in [0.3, 0.4) is 0 Å². The molecule has 4 amide bonds. The van der Waals surface area contributed by atoms with Gasteiger partial charge in [0.1, 0.15) is 11.5 Å². The molecule has 32 heavy (non-hydrogen) atoms. The first-order valence-corrected chi connectivity index (χ1v) is 10.5. The number of fused-ring (bicyclic) bond motifs is 2. The molecule has 0 radical (unpaired) electrons. The van der Waals surface area contributed by atoms with E-state index >= 15 is 0 Å². The van der Waals surface area contributed by atoms with Crippen LogP contribution >= 0.6 is 0 Å². The number of hydrogen-bond donors (Lipinski definition) is 2. The Morgan fingerprint density at radius 3 is 1.19 bits per heavy atom. The van der Waals surface area contributed by atoms with Crippen molar-refractivity contribution in [2.45, 2.75) is 26.7 Å². The molecule has 2 heterocycles. The third-order valence-corrected chi connectivity index (χ3v) is 6.75. The van der Waals surface area contributed by atoms with Crippen molar-refractivity contribution in [3.05, 3.63) is 47.5 Å². The van der Waals surface area contributed by atoms with Crippen LogP contribution in [0.4, 0.5) is 11.4 Å². The molecule has 1 saturated carbocycles. The largest absolute Gasteiger partial charge is 0.508 e. The van der Waals surface area contributed by atoms with Gasteiger partial charge in [-0.25, -0.2) is 9.80 Å². The fourth-order valence-electron chi connectivity index (χ4n) is 5.43. The molecule has 2 saturated heterocycles. The fraction of sp³-hybridized carbons (Fsp3) is 0.333. The van der Waals surface area contributed by atoms with Crippen LogP contribution in [-0.4, -0.2) is 33.8 Å². The van der Waals surface area contributed by atoms with Gasteiger partial charge in [0.25, 0.3) is 0 Å². The topological polar surface area (TPSA) is 115 Å². The lowest BCUT2D eigenvalue weighted by Crippen LogP contribution is -2.35. The van der Waals surface area contributed by atoms with Crippen molar-refractivity contribution in [3.8, 4) is 11.5 Å². The minimum Gasteiger partial charge on any atom is -0.508 e. The molecule has 0 spiro atoms. The molecule has 0 aromatic heterocycles. The summed E-state index contributed by atoms with van der Waals surface area (Å²) in [5.74, 6) is -4.47. The first-order valence-electron chi connectivity index (χ1n) is 10.5. The van der Waals surface area contributed by atoms with Crippen LogP contribution in [0.25, 0.3) is 0 Å². The lowest BCUT2D eigenvalue weighted by Gasteiger charge is -2.28. The van der Waals surface area contributed by atoms with Gasteiger partial charge in [-0.1, -0.05) is 0 Å². The summed E-state index contributed by atoms with van der Waals surface area (Å²) >= 11 is 0. The summed E-state index contributed by atoms with van der Waals surface area (Å²) in [6, 6.07) is 9.08. The summed E-state index contributed by atoms with van der Waals surface area (Å²) in [7, 11) is 0. The molecule has 2 N–H and O–H groups in total. The van der Waals surface area contributed by atoms with E-state index in [9.17, 15) is 29.4 Å². The molecule has 164 valence electrons. The molecule has 4 atom stereocenters. The highest BCUT2D eigenvalue weighted by Crippen LogP contribution is 2.49. The third-order valence-electron chi connectivity index (χ3n) is 6.75. The number of phenolic OH excluding ortho intramolecular Hbond substituents is 2. The summed E-state index contributed by atoms with van der Waals surface area (Å²) in [5.41, 5.74) is 2.00. The number of imide groups is 2. The second kappa shape index (κ2) is 6.91. The molecule has 4 unspecified atom stereocenters. The normalized spacial score (nSPS) is 27.2. The average Bonchev–Trinajstić information content (AvgIpc) is 3.09. The standard InChI is InChI=1S/C24H22N2O6/c1-11-3-13(7-15(27)5-11)25-21(29)17-9-19-20(10-18(17)22(25)30)24(32)26(23(19)31)14-4-12(2)6-16(28)8-14/h3-8,17-20,27-28H,9-10H2,1-2H3. The monoisotopic (exact) mass is 434 g/mol. The van der Waals surface area contributed by atoms with Gasteiger partial charge in [0.2, 0.25) is 23.6 Å². The van der Waals surface area contributed by atoms with Crippen LogP contribution in [0, 0.1) is 37.5 Å². The molecule has 2 aliphatic heterocycles. The van der Waals surface area contributed by atoms with E-state index in [2.05, 4.69) is 0 Å². The number of aromatic hydroxyl groups is 2. The van der Waals surface area contributed by atoms with Crippen molar-refractivity contribution < 1.29 is 29.4 Å². The van der Waals surface area contributed by atoms with E-state index in [-0.39, 0.29) is 24.3 Å². The Hall–Kier alpha value is -3.68. The molecule has 3 aliphatic rings. The molecule has 2 aromatic carbocycles. The van der Waals surface area contributed by atoms with Gasteiger partial charge < -0.3 is 10.2 Å². The fourth-order valence-corrected chi connectivity index (χ4v) is 5.43. The summed E-state index contributed by atoms with van der Waals surface area (Å²) in [6.45, 7) is 3.50. The maximum Gasteiger partial charge on any atom is 0.237 e. The lowest BCUT2D eigenvalue weighted by atomic mass is 9.70. The number of anilines is 2. The van der Waals surface area contributed by atoms with Crippen LogP contribution in [0.5, 0.6) is 11.5 Å². The number of benzene rings is 2. The van der Waals surface area contributed by atoms with Crippen molar-refractivity contribution in [2.75, 3.05) is 9.80 Å². The third kappa shape index (κ3) is 2.90. The minimum atomic E-state index is -0.686. The SMILES string of the molecule is Cc1cc(O)cc(N2C(=O)C3CC4C(=O)N(c5cc(C)cc(O)c5)C(=O)C4CC3C2=O)c1. The van der Waals surface area contributed by atoms with E-state index in [0.717, 1.165) is 9.80 Å². The molecule has 0 bridgehead atoms. The van der Waals surface area contributed by atoms with Gasteiger partial charge >= 0.3 is 0 Å². The van der Waals surface area contributed by atoms with Crippen LogP contribution in [0.15, 0.2) is 36.4 Å². The molecule has 1 aliphatic carbocycles. The van der Waals surface area contributed by atoms with Crippen LogP contribution in [0.1, 0.15) is 24.0 Å². The van der Waals surface area contributed by atoms with Crippen LogP contribution in [0.2, 0.25) is 0 Å². The van der Waals surface area contributed by atoms with E-state index in [4.69, 9.17) is 0 Å². The quantitative estimate of drug-likeness (QED) is 0.702. The Kier molecular flexibility index (Phi) is 4.37. The number of rotatable bonds is 2. The van der Waals surface area contributed by atoms with Gasteiger partial charge in [0, 0.05) is 12.1 Å². The Balaban J connectivity index is 1.46. The van der Waals surface area contributed by atoms with E-state index in [1.165, 1.54) is 24.3 Å². The number of carbonyl (C=O) groups excluding carboxylic acids is 4. The smallest absolute Gasteiger partial charge is 0.237 e. The molecule has 3 fully saturated rings. The van der Waals surface area contributed by atoms with Crippen molar-refractivity contribution in [1.29, 1.82) is 0 Å². The van der Waals surface area contributed by atoms with E-state index in [0.29, 0.717) is 22.5 Å². The van der Waals surface area contributed by atoms with Gasteiger partial charge in [-0.2, -0.15) is 0 Å². The van der Waals surface area contributed by atoms with Crippen molar-refractivity contribution in [3.63, 3.8) is 0 Å². The summed E-state index contributed by atoms with van der Waals surface area (Å²) in [5, 5.41) is 19.8. The number of carbonyl (C=O) groups is 4. The van der Waals surface area contributed by atoms with Gasteiger partial charge in [0.05, 0.1) is 35.0 Å². The Labute approximate surface area is 184 Å². The van der Waals surface area contributed by atoms with Crippen LogP contribution in [-0.2, 0) is 19.2 Å². The minimum absolute atomic E-state index is 0.0465. The zero-order valence-corrected chi connectivity index (χ0v) is 17.6. The van der Waals surface area contributed by atoms with Gasteiger partial charge in [0.15, 0.2) is 0 Å². The predicted octanol–water partition coefficient (Wildman–Crippen LogP) is 2.42. The average molecular weight is 434 g/mol. The Bertz CT molecular complexity index is 1030. The summed E-state index contributed by atoms with van der Waals surface area (Å²) < 4.78 is 0. The number of aryl methyl sites for hydroxylation is 2. The number of nitrogens with zero attached hydrogens (tertiary/aromatic N) is 2. The van der Waals surface area contributed by atoms with Crippen molar-refractivity contribution >= 4 is 35.0 Å². The maximum absolute atomic E-state index is 13.2. The summed E-state index contributed by atoms with van der Waals surface area (Å²) in [4.78, 5) is 54.8. The molecule has 8 heteroatoms. The van der Waals surface area contributed by atoms with Crippen molar-refractivity contribution in [2.24, 2.45) is 23.7 Å². The Morgan fingerprint density at radius 1 is 0.594 bits per heavy atom. The van der Waals surface area contributed by atoms with E-state index < -0.39 is 47.3 Å². The maximum atomic E-state index is 13.2. The first-order chi connectivity index (χ1) is 15.2. The lowest BCUT2D eigenvalue weighted by molar-refractivity contribution is -0.129. The molecular weight excluding hydrogens is 412 g/mol. The molecule has 5 rings (SSSR count). The predicted molar refractivity (Wildman–Crippen MR) is 114 cm³/mol. The highest BCUT2D eigenvalue weighted by Gasteiger charge is 2.60. The van der Waals surface area contributed by atoms with Gasteiger partial charge in [-0.15, -0.1) is 0 Å². The molecule has 8 nitrogen and oxygen atoms in total. The molecule has 2 aromatic rings. The molecular formula is C24H22N2O6. The van der Waals surface area contributed by atoms with E-state index in [1.807, 2.05) is 0 Å². The number of hydrogen-bond acceptors (Lipinski definition) is 6. The number of phenols is 2. The highest BCUT2D eigenvalue weighted by atomic mass is 16.3. The summed E-state index contributed by atoms with van der Waals surface area (Å²) in [6.07, 6.45) is 0.236. The first kappa shape index (κ1) is 20.2. The Morgan fingerprint density at radius 2 is 0.906 bits per heavy atom. The zero-order chi connectivity index (χ0) is 22.9. The second-order valence-corrected chi connectivity index (χ2v) is 8.97.